The minimum Gasteiger partial charge on any atom is -0.497 e. The van der Waals surface area contributed by atoms with E-state index < -0.39 is 0 Å². The Morgan fingerprint density at radius 2 is 1.91 bits per heavy atom. The van der Waals surface area contributed by atoms with Gasteiger partial charge < -0.3 is 19.4 Å². The highest BCUT2D eigenvalue weighted by Crippen LogP contribution is 2.30. The Balaban J connectivity index is 1.14. The number of anilines is 1. The molecule has 3 amide bonds. The third kappa shape index (κ3) is 3.80. The highest BCUT2D eigenvalue weighted by molar-refractivity contribution is 6.00. The molecule has 32 heavy (non-hydrogen) atoms. The number of benzene rings is 1. The van der Waals surface area contributed by atoms with E-state index in [1.165, 1.54) is 0 Å². The van der Waals surface area contributed by atoms with Crippen molar-refractivity contribution in [3.05, 3.63) is 36.2 Å². The third-order valence-electron chi connectivity index (χ3n) is 6.49. The Morgan fingerprint density at radius 3 is 2.59 bits per heavy atom. The van der Waals surface area contributed by atoms with E-state index in [0.717, 1.165) is 30.1 Å². The molecule has 168 valence electrons. The van der Waals surface area contributed by atoms with Crippen LogP contribution in [0.4, 0.5) is 5.69 Å². The van der Waals surface area contributed by atoms with Crippen LogP contribution in [-0.4, -0.2) is 75.8 Å². The number of methoxy groups -OCH3 is 1. The number of ether oxygens (including phenoxy) is 1. The van der Waals surface area contributed by atoms with Crippen molar-refractivity contribution in [2.24, 2.45) is 5.92 Å². The number of amides is 3. The van der Waals surface area contributed by atoms with E-state index in [2.05, 4.69) is 10.3 Å². The highest BCUT2D eigenvalue weighted by atomic mass is 16.5. The van der Waals surface area contributed by atoms with Gasteiger partial charge in [-0.05, 0) is 30.7 Å². The molecule has 0 saturated carbocycles. The van der Waals surface area contributed by atoms with Crippen molar-refractivity contribution in [1.29, 1.82) is 0 Å². The van der Waals surface area contributed by atoms with Crippen LogP contribution in [0.15, 0.2) is 30.5 Å². The normalized spacial score (nSPS) is 21.4. The zero-order chi connectivity index (χ0) is 22.2. The summed E-state index contributed by atoms with van der Waals surface area (Å²) in [5.41, 5.74) is 1.54. The van der Waals surface area contributed by atoms with Gasteiger partial charge in [0.1, 0.15) is 11.4 Å². The Bertz CT molecular complexity index is 1030. The summed E-state index contributed by atoms with van der Waals surface area (Å²) in [4.78, 5) is 42.5. The number of rotatable bonds is 6. The first kappa shape index (κ1) is 20.5. The van der Waals surface area contributed by atoms with Crippen molar-refractivity contribution in [3.8, 4) is 5.75 Å². The van der Waals surface area contributed by atoms with E-state index in [0.29, 0.717) is 32.6 Å². The molecule has 0 aliphatic carbocycles. The Hall–Kier alpha value is -3.43. The molecule has 3 aliphatic rings. The summed E-state index contributed by atoms with van der Waals surface area (Å²) in [7, 11) is 1.60. The van der Waals surface area contributed by atoms with Gasteiger partial charge in [0, 0.05) is 44.7 Å². The molecule has 10 heteroatoms. The summed E-state index contributed by atoms with van der Waals surface area (Å²) in [6.07, 6.45) is 3.59. The average Bonchev–Trinajstić information content (AvgIpc) is 3.48. The van der Waals surface area contributed by atoms with Gasteiger partial charge in [-0.2, -0.15) is 0 Å². The van der Waals surface area contributed by atoms with Crippen LogP contribution in [0.25, 0.3) is 0 Å². The first-order chi connectivity index (χ1) is 15.5. The largest absolute Gasteiger partial charge is 0.497 e. The second-order valence-electron chi connectivity index (χ2n) is 8.61. The zero-order valence-electron chi connectivity index (χ0n) is 18.0. The van der Waals surface area contributed by atoms with E-state index in [9.17, 15) is 14.4 Å². The molecular weight excluding hydrogens is 412 g/mol. The van der Waals surface area contributed by atoms with E-state index in [4.69, 9.17) is 4.74 Å². The third-order valence-corrected chi connectivity index (χ3v) is 6.49. The van der Waals surface area contributed by atoms with Crippen LogP contribution in [0.2, 0.25) is 0 Å². The average molecular weight is 438 g/mol. The van der Waals surface area contributed by atoms with Crippen molar-refractivity contribution < 1.29 is 19.1 Å². The summed E-state index contributed by atoms with van der Waals surface area (Å²) in [5.74, 6) is 0.521. The molecule has 3 fully saturated rings. The molecular formula is C22H26N6O4. The lowest BCUT2D eigenvalue weighted by Crippen LogP contribution is -2.53. The molecule has 1 unspecified atom stereocenters. The lowest BCUT2D eigenvalue weighted by molar-refractivity contribution is -0.141. The minimum atomic E-state index is -0.335. The highest BCUT2D eigenvalue weighted by Gasteiger charge is 2.41. The van der Waals surface area contributed by atoms with E-state index in [1.54, 1.807) is 26.5 Å². The lowest BCUT2D eigenvalue weighted by Gasteiger charge is -2.40. The Kier molecular flexibility index (Phi) is 5.28. The fourth-order valence-electron chi connectivity index (χ4n) is 4.58. The maximum absolute atomic E-state index is 12.9. The van der Waals surface area contributed by atoms with Crippen molar-refractivity contribution in [2.45, 2.75) is 31.8 Å². The number of aromatic nitrogens is 3. The molecule has 3 aliphatic heterocycles. The summed E-state index contributed by atoms with van der Waals surface area (Å²) in [6, 6.07) is 7.36. The number of hydrogen-bond donors (Lipinski definition) is 0. The number of nitrogens with zero attached hydrogens (tertiary/aromatic N) is 6. The summed E-state index contributed by atoms with van der Waals surface area (Å²) >= 11 is 0. The molecule has 0 bridgehead atoms. The van der Waals surface area contributed by atoms with Crippen molar-refractivity contribution in [3.63, 3.8) is 0 Å². The molecule has 4 heterocycles. The lowest BCUT2D eigenvalue weighted by atomic mass is 10.0. The van der Waals surface area contributed by atoms with Crippen molar-refractivity contribution >= 4 is 23.4 Å². The van der Waals surface area contributed by atoms with Crippen LogP contribution < -0.4 is 9.64 Å². The monoisotopic (exact) mass is 438 g/mol. The van der Waals surface area contributed by atoms with Crippen LogP contribution in [-0.2, 0) is 20.9 Å². The zero-order valence-corrected chi connectivity index (χ0v) is 18.0. The van der Waals surface area contributed by atoms with E-state index in [1.807, 2.05) is 30.5 Å². The number of likely N-dealkylation sites (tertiary alicyclic amines) is 2. The van der Waals surface area contributed by atoms with Crippen LogP contribution >= 0.6 is 0 Å². The predicted molar refractivity (Wildman–Crippen MR) is 114 cm³/mol. The van der Waals surface area contributed by atoms with Gasteiger partial charge in [-0.25, -0.2) is 4.68 Å². The quantitative estimate of drug-likeness (QED) is 0.663. The SMILES string of the molecule is COc1ccc(N2CC(C(=O)N3CC(n4cc(CN5CCCC5=O)nn4)C3)CC2=O)cc1. The summed E-state index contributed by atoms with van der Waals surface area (Å²) in [6.45, 7) is 2.75. The van der Waals surface area contributed by atoms with Crippen LogP contribution in [0.1, 0.15) is 31.0 Å². The molecule has 2 aromatic rings. The Labute approximate surface area is 185 Å². The first-order valence-corrected chi connectivity index (χ1v) is 10.9. The van der Waals surface area contributed by atoms with Gasteiger partial charge in [-0.1, -0.05) is 5.21 Å². The van der Waals surface area contributed by atoms with Gasteiger partial charge in [0.05, 0.1) is 31.8 Å². The van der Waals surface area contributed by atoms with E-state index in [-0.39, 0.29) is 36.1 Å². The molecule has 0 radical (unpaired) electrons. The number of carbonyl (C=O) groups excluding carboxylic acids is 3. The van der Waals surface area contributed by atoms with Gasteiger partial charge in [0.25, 0.3) is 0 Å². The fourth-order valence-corrected chi connectivity index (χ4v) is 4.58. The molecule has 0 N–H and O–H groups in total. The maximum atomic E-state index is 12.9. The molecule has 10 nitrogen and oxygen atoms in total. The van der Waals surface area contributed by atoms with Gasteiger partial charge in [-0.3, -0.25) is 14.4 Å². The first-order valence-electron chi connectivity index (χ1n) is 10.9. The van der Waals surface area contributed by atoms with Gasteiger partial charge in [0.15, 0.2) is 0 Å². The fraction of sp³-hybridized carbons (Fsp3) is 0.500. The smallest absolute Gasteiger partial charge is 0.228 e. The molecule has 0 spiro atoms. The predicted octanol–water partition coefficient (Wildman–Crippen LogP) is 0.845. The molecule has 1 aromatic heterocycles. The van der Waals surface area contributed by atoms with Gasteiger partial charge >= 0.3 is 0 Å². The van der Waals surface area contributed by atoms with E-state index >= 15 is 0 Å². The standard InChI is InChI=1S/C22H26N6O4/c1-32-19-6-4-17(5-7-19)27-10-15(9-21(27)30)22(31)26-13-18(14-26)28-12-16(23-24-28)11-25-8-2-3-20(25)29/h4-7,12,15,18H,2-3,8-11,13-14H2,1H3. The second-order valence-corrected chi connectivity index (χ2v) is 8.61. The van der Waals surface area contributed by atoms with Crippen LogP contribution in [0, 0.1) is 5.92 Å². The minimum absolute atomic E-state index is 0.00798. The van der Waals surface area contributed by atoms with Crippen molar-refractivity contribution in [1.82, 2.24) is 24.8 Å². The Morgan fingerprint density at radius 1 is 1.12 bits per heavy atom. The van der Waals surface area contributed by atoms with Gasteiger partial charge in [0.2, 0.25) is 17.7 Å². The second kappa shape index (κ2) is 8.25. The van der Waals surface area contributed by atoms with Crippen LogP contribution in [0.5, 0.6) is 5.75 Å². The van der Waals surface area contributed by atoms with Crippen LogP contribution in [0.3, 0.4) is 0 Å². The molecule has 1 aromatic carbocycles. The number of hydrogen-bond acceptors (Lipinski definition) is 6. The van der Waals surface area contributed by atoms with Gasteiger partial charge in [-0.15, -0.1) is 5.10 Å². The summed E-state index contributed by atoms with van der Waals surface area (Å²) in [5, 5.41) is 8.38. The number of carbonyl (C=O) groups is 3. The van der Waals surface area contributed by atoms with Crippen molar-refractivity contribution in [2.75, 3.05) is 38.2 Å². The molecule has 3 saturated heterocycles. The summed E-state index contributed by atoms with van der Waals surface area (Å²) < 4.78 is 6.95. The molecule has 5 rings (SSSR count). The topological polar surface area (TPSA) is 101 Å². The molecule has 1 atom stereocenters. The maximum Gasteiger partial charge on any atom is 0.228 e.